The molecule has 0 saturated heterocycles. The molecule has 2 aromatic carbocycles. The fraction of sp³-hybridized carbons (Fsp3) is 0.304. The van der Waals surface area contributed by atoms with Gasteiger partial charge in [-0.15, -0.1) is 0 Å². The number of rotatable bonds is 10. The summed E-state index contributed by atoms with van der Waals surface area (Å²) in [4.78, 5) is 23.6. The first-order chi connectivity index (χ1) is 15.5. The van der Waals surface area contributed by atoms with Crippen molar-refractivity contribution in [2.45, 2.75) is 31.7 Å². The minimum absolute atomic E-state index is 0.167. The highest BCUT2D eigenvalue weighted by molar-refractivity contribution is 7.80. The monoisotopic (exact) mass is 493 g/mol. The summed E-state index contributed by atoms with van der Waals surface area (Å²) in [6.07, 6.45) is 4.16. The number of urea groups is 1. The summed E-state index contributed by atoms with van der Waals surface area (Å²) in [5.41, 5.74) is 8.39. The summed E-state index contributed by atoms with van der Waals surface area (Å²) in [7, 11) is 0. The highest BCUT2D eigenvalue weighted by atomic mass is 32.1. The van der Waals surface area contributed by atoms with E-state index < -0.39 is 12.0 Å². The number of thiocarbonyl (C=S) groups is 2. The second-order valence-corrected chi connectivity index (χ2v) is 6.92. The van der Waals surface area contributed by atoms with Crippen LogP contribution in [0.5, 0.6) is 0 Å². The fourth-order valence-corrected chi connectivity index (χ4v) is 2.95. The van der Waals surface area contributed by atoms with E-state index in [1.807, 2.05) is 42.5 Å². The third-order valence-electron chi connectivity index (χ3n) is 4.30. The lowest BCUT2D eigenvalue weighted by Gasteiger charge is -2.18. The standard InChI is InChI=1S/C21H25N3O3S.CH4S.CH2S/c22-20(28)17-11-9-15(10-12-17)6-4-5-13-23-21(27)24-18(14-19(25)26)16-7-2-1-3-8-16;2*1-2/h1-3,7-12,18H,4-6,13-14H2,(H2,22,28)(H,25,26)(H2,23,24,27);2H,1H3;1H2. The molecule has 1 atom stereocenters. The molecule has 0 aliphatic carbocycles. The van der Waals surface area contributed by atoms with Gasteiger partial charge in [0.25, 0.3) is 0 Å². The second-order valence-electron chi connectivity index (χ2n) is 6.48. The molecule has 2 aromatic rings. The van der Waals surface area contributed by atoms with Crippen molar-refractivity contribution in [1.29, 1.82) is 0 Å². The predicted molar refractivity (Wildman–Crippen MR) is 143 cm³/mol. The Morgan fingerprint density at radius 3 is 2.19 bits per heavy atom. The molecule has 6 nitrogen and oxygen atoms in total. The van der Waals surface area contributed by atoms with Crippen LogP contribution in [-0.2, 0) is 11.2 Å². The van der Waals surface area contributed by atoms with Gasteiger partial charge in [-0.1, -0.05) is 79.0 Å². The number of hydrogen-bond acceptors (Lipinski definition) is 5. The summed E-state index contributed by atoms with van der Waals surface area (Å²) >= 11 is 12.3. The van der Waals surface area contributed by atoms with Crippen molar-refractivity contribution in [3.63, 3.8) is 0 Å². The van der Waals surface area contributed by atoms with E-state index in [-0.39, 0.29) is 12.5 Å². The molecule has 5 N–H and O–H groups in total. The van der Waals surface area contributed by atoms with E-state index in [0.29, 0.717) is 11.5 Å². The van der Waals surface area contributed by atoms with Gasteiger partial charge in [-0.2, -0.15) is 12.6 Å². The Labute approximate surface area is 206 Å². The molecule has 1 unspecified atom stereocenters. The van der Waals surface area contributed by atoms with E-state index in [9.17, 15) is 9.59 Å². The van der Waals surface area contributed by atoms with Crippen molar-refractivity contribution in [3.05, 3.63) is 71.3 Å². The summed E-state index contributed by atoms with van der Waals surface area (Å²) < 4.78 is 0. The molecule has 0 saturated carbocycles. The number of nitrogens with two attached hydrogens (primary N) is 1. The SMILES string of the molecule is C=S.CS.NC(=S)c1ccc(CCCCNC(=O)NC(CC(=O)O)c2ccccc2)cc1. The van der Waals surface area contributed by atoms with Crippen molar-refractivity contribution in [2.24, 2.45) is 5.73 Å². The van der Waals surface area contributed by atoms with E-state index in [2.05, 4.69) is 41.4 Å². The number of benzene rings is 2. The van der Waals surface area contributed by atoms with Gasteiger partial charge in [0.05, 0.1) is 12.5 Å². The number of nitrogens with one attached hydrogen (secondary N) is 2. The Hall–Kier alpha value is -2.49. The van der Waals surface area contributed by atoms with Gasteiger partial charge in [-0.05, 0) is 42.5 Å². The molecular weight excluding hydrogens is 462 g/mol. The topological polar surface area (TPSA) is 104 Å². The molecule has 0 heterocycles. The molecule has 0 spiro atoms. The van der Waals surface area contributed by atoms with Gasteiger partial charge in [0.1, 0.15) is 4.99 Å². The molecule has 0 aliphatic rings. The smallest absolute Gasteiger partial charge is 0.315 e. The quantitative estimate of drug-likeness (QED) is 0.192. The molecule has 9 heteroatoms. The van der Waals surface area contributed by atoms with Gasteiger partial charge >= 0.3 is 12.0 Å². The van der Waals surface area contributed by atoms with Gasteiger partial charge in [0.2, 0.25) is 0 Å². The number of carbonyl (C=O) groups excluding carboxylic acids is 1. The number of thiol groups is 1. The van der Waals surface area contributed by atoms with Gasteiger partial charge in [-0.3, -0.25) is 4.79 Å². The first-order valence-electron chi connectivity index (χ1n) is 9.89. The fourth-order valence-electron chi connectivity index (χ4n) is 2.81. The number of carboxylic acid groups (broad SMARTS) is 1. The summed E-state index contributed by atoms with van der Waals surface area (Å²) in [5.74, 6) is 1.87. The summed E-state index contributed by atoms with van der Waals surface area (Å²) in [5, 5.41) is 14.6. The third kappa shape index (κ3) is 12.4. The zero-order valence-corrected chi connectivity index (χ0v) is 20.6. The average molecular weight is 494 g/mol. The predicted octanol–water partition coefficient (Wildman–Crippen LogP) is 4.32. The Balaban J connectivity index is 0.00000227. The van der Waals surface area contributed by atoms with E-state index in [1.54, 1.807) is 18.4 Å². The maximum atomic E-state index is 12.1. The summed E-state index contributed by atoms with van der Waals surface area (Å²) in [6, 6.07) is 16.0. The number of carboxylic acids is 1. The maximum Gasteiger partial charge on any atom is 0.315 e. The molecule has 0 bridgehead atoms. The van der Waals surface area contributed by atoms with Crippen molar-refractivity contribution in [3.8, 4) is 0 Å². The van der Waals surface area contributed by atoms with Gasteiger partial charge in [0.15, 0.2) is 0 Å². The van der Waals surface area contributed by atoms with Crippen LogP contribution in [0.2, 0.25) is 0 Å². The largest absolute Gasteiger partial charge is 0.481 e. The van der Waals surface area contributed by atoms with E-state index in [1.165, 1.54) is 5.56 Å². The third-order valence-corrected chi connectivity index (χ3v) is 4.54. The maximum absolute atomic E-state index is 12.1. The first kappa shape index (κ1) is 29.5. The number of unbranched alkanes of at least 4 members (excludes halogenated alkanes) is 1. The zero-order valence-electron chi connectivity index (χ0n) is 18.1. The molecule has 32 heavy (non-hydrogen) atoms. The van der Waals surface area contributed by atoms with E-state index in [4.69, 9.17) is 23.1 Å². The Bertz CT molecular complexity index is 818. The van der Waals surface area contributed by atoms with Crippen LogP contribution in [0.1, 0.15) is 42.0 Å². The number of hydrogen-bond donors (Lipinski definition) is 5. The molecule has 2 rings (SSSR count). The number of carbonyl (C=O) groups is 2. The van der Waals surface area contributed by atoms with Crippen LogP contribution in [0.3, 0.4) is 0 Å². The van der Waals surface area contributed by atoms with Gasteiger partial charge in [0, 0.05) is 12.1 Å². The lowest BCUT2D eigenvalue weighted by Crippen LogP contribution is -2.39. The normalized spacial score (nSPS) is 10.3. The highest BCUT2D eigenvalue weighted by Gasteiger charge is 2.17. The molecule has 0 aromatic heterocycles. The summed E-state index contributed by atoms with van der Waals surface area (Å²) in [6.45, 7) is 0.519. The van der Waals surface area contributed by atoms with Gasteiger partial charge < -0.3 is 21.5 Å². The Kier molecular flexibility index (Phi) is 16.7. The van der Waals surface area contributed by atoms with Crippen LogP contribution >= 0.6 is 37.1 Å². The van der Waals surface area contributed by atoms with Crippen molar-refractivity contribution >= 4 is 59.9 Å². The molecule has 0 radical (unpaired) electrons. The lowest BCUT2D eigenvalue weighted by atomic mass is 10.0. The van der Waals surface area contributed by atoms with Crippen molar-refractivity contribution in [1.82, 2.24) is 10.6 Å². The van der Waals surface area contributed by atoms with Crippen LogP contribution in [0.25, 0.3) is 0 Å². The molecule has 0 fully saturated rings. The number of amides is 2. The van der Waals surface area contributed by atoms with Crippen LogP contribution in [0.15, 0.2) is 54.6 Å². The Morgan fingerprint density at radius 2 is 1.66 bits per heavy atom. The second kappa shape index (κ2) is 18.1. The van der Waals surface area contributed by atoms with Gasteiger partial charge in [-0.25, -0.2) is 4.79 Å². The minimum atomic E-state index is -0.962. The average Bonchev–Trinajstić information content (AvgIpc) is 2.81. The van der Waals surface area contributed by atoms with E-state index in [0.717, 1.165) is 30.4 Å². The molecule has 174 valence electrons. The molecule has 2 amide bonds. The van der Waals surface area contributed by atoms with Crippen LogP contribution < -0.4 is 16.4 Å². The molecule has 0 aliphatic heterocycles. The molecular formula is C23H31N3O3S3. The van der Waals surface area contributed by atoms with Crippen LogP contribution in [-0.4, -0.2) is 40.8 Å². The lowest BCUT2D eigenvalue weighted by molar-refractivity contribution is -0.137. The minimum Gasteiger partial charge on any atom is -0.481 e. The Morgan fingerprint density at radius 1 is 1.06 bits per heavy atom. The van der Waals surface area contributed by atoms with Crippen LogP contribution in [0.4, 0.5) is 4.79 Å². The van der Waals surface area contributed by atoms with Crippen molar-refractivity contribution in [2.75, 3.05) is 12.8 Å². The highest BCUT2D eigenvalue weighted by Crippen LogP contribution is 2.16. The zero-order chi connectivity index (χ0) is 24.4. The first-order valence-corrected chi connectivity index (χ1v) is 11.8. The number of aryl methyl sites for hydroxylation is 1. The number of aliphatic carboxylic acids is 1. The van der Waals surface area contributed by atoms with E-state index >= 15 is 0 Å². The van der Waals surface area contributed by atoms with Crippen molar-refractivity contribution < 1.29 is 14.7 Å². The van der Waals surface area contributed by atoms with Crippen LogP contribution in [0, 0.1) is 0 Å².